The topological polar surface area (TPSA) is 125 Å². The second kappa shape index (κ2) is 8.19. The molecule has 9 nitrogen and oxygen atoms in total. The number of carbonyl (C=O) groups excluding carboxylic acids is 1. The number of nitrogens with one attached hydrogen (secondary N) is 1. The molecule has 1 aromatic carbocycles. The van der Waals surface area contributed by atoms with Crippen molar-refractivity contribution < 1.29 is 14.1 Å². The minimum atomic E-state index is -0.498. The summed E-state index contributed by atoms with van der Waals surface area (Å²) in [5.74, 6) is 0.730. The Kier molecular flexibility index (Phi) is 5.22. The number of fused-ring (bicyclic) bond motifs is 1. The van der Waals surface area contributed by atoms with Gasteiger partial charge in [-0.3, -0.25) is 20.3 Å². The Morgan fingerprint density at radius 1 is 1.16 bits per heavy atom. The quantitative estimate of drug-likeness (QED) is 0.395. The number of amidine groups is 2. The van der Waals surface area contributed by atoms with E-state index < -0.39 is 10.8 Å². The second-order valence-corrected chi connectivity index (χ2v) is 8.79. The van der Waals surface area contributed by atoms with Gasteiger partial charge in [0.25, 0.3) is 11.6 Å². The molecule has 1 amide bonds. The summed E-state index contributed by atoms with van der Waals surface area (Å²) in [4.78, 5) is 27.1. The molecule has 1 fully saturated rings. The first-order valence-corrected chi connectivity index (χ1v) is 11.2. The molecule has 0 unspecified atom stereocenters. The fraction of sp³-hybridized carbons (Fsp3) is 0.273. The summed E-state index contributed by atoms with van der Waals surface area (Å²) in [5.41, 5.74) is 0.769. The predicted molar refractivity (Wildman–Crippen MR) is 122 cm³/mol. The Balaban J connectivity index is 1.38. The van der Waals surface area contributed by atoms with Crippen molar-refractivity contribution in [3.63, 3.8) is 0 Å². The standard InChI is InChI=1S/C22H19N5O4S/c23-19-17(12-16-10-11-18(31-16)13-6-8-15(9-7-13)27(29)30)20(28)24-22-26(19)25-21(32-22)14-4-2-1-3-5-14/h6-12,14,23H,1-5H2/b17-12-,23-19?. The maximum absolute atomic E-state index is 12.6. The highest BCUT2D eigenvalue weighted by Crippen LogP contribution is 2.36. The van der Waals surface area contributed by atoms with Crippen molar-refractivity contribution in [1.82, 2.24) is 5.01 Å². The third-order valence-corrected chi connectivity index (χ3v) is 6.77. The van der Waals surface area contributed by atoms with Gasteiger partial charge in [-0.2, -0.15) is 15.1 Å². The Hall–Kier alpha value is -3.53. The molecule has 10 heteroatoms. The van der Waals surface area contributed by atoms with E-state index in [1.165, 1.54) is 54.2 Å². The molecule has 5 rings (SSSR count). The molecular weight excluding hydrogens is 430 g/mol. The Labute approximate surface area is 187 Å². The molecule has 1 N–H and O–H groups in total. The molecule has 2 aliphatic heterocycles. The molecule has 0 spiro atoms. The van der Waals surface area contributed by atoms with E-state index in [2.05, 4.69) is 10.1 Å². The van der Waals surface area contributed by atoms with Gasteiger partial charge in [0.05, 0.1) is 10.5 Å². The van der Waals surface area contributed by atoms with Crippen LogP contribution in [0.25, 0.3) is 17.4 Å². The van der Waals surface area contributed by atoms with Crippen molar-refractivity contribution >= 4 is 45.5 Å². The highest BCUT2D eigenvalue weighted by Gasteiger charge is 2.38. The smallest absolute Gasteiger partial charge is 0.283 e. The summed E-state index contributed by atoms with van der Waals surface area (Å²) in [5, 5.41) is 26.7. The van der Waals surface area contributed by atoms with E-state index in [1.54, 1.807) is 24.3 Å². The molecule has 0 bridgehead atoms. The fourth-order valence-corrected chi connectivity index (χ4v) is 5.06. The van der Waals surface area contributed by atoms with Crippen molar-refractivity contribution in [3.05, 3.63) is 57.8 Å². The number of hydrogen-bond donors (Lipinski definition) is 1. The minimum absolute atomic E-state index is 0.00537. The summed E-state index contributed by atoms with van der Waals surface area (Å²) >= 11 is 1.39. The van der Waals surface area contributed by atoms with Crippen molar-refractivity contribution in [2.45, 2.75) is 32.1 Å². The summed E-state index contributed by atoms with van der Waals surface area (Å²) < 4.78 is 5.79. The van der Waals surface area contributed by atoms with Gasteiger partial charge in [0.2, 0.25) is 5.17 Å². The lowest BCUT2D eigenvalue weighted by atomic mass is 9.90. The second-order valence-electron chi connectivity index (χ2n) is 7.80. The van der Waals surface area contributed by atoms with E-state index in [4.69, 9.17) is 9.83 Å². The number of hydrogen-bond acceptors (Lipinski definition) is 7. The predicted octanol–water partition coefficient (Wildman–Crippen LogP) is 5.05. The highest BCUT2D eigenvalue weighted by molar-refractivity contribution is 8.27. The van der Waals surface area contributed by atoms with Crippen LogP contribution in [0.4, 0.5) is 5.69 Å². The number of thioether (sulfide) groups is 1. The monoisotopic (exact) mass is 449 g/mol. The van der Waals surface area contributed by atoms with Crippen LogP contribution in [0.5, 0.6) is 0 Å². The lowest BCUT2D eigenvalue weighted by molar-refractivity contribution is -0.384. The van der Waals surface area contributed by atoms with E-state index in [0.717, 1.165) is 17.9 Å². The molecule has 0 atom stereocenters. The third-order valence-electron chi connectivity index (χ3n) is 5.70. The minimum Gasteiger partial charge on any atom is -0.457 e. The lowest BCUT2D eigenvalue weighted by Crippen LogP contribution is -2.35. The zero-order chi connectivity index (χ0) is 22.2. The number of aliphatic imine (C=N–C) groups is 1. The van der Waals surface area contributed by atoms with Gasteiger partial charge in [0.15, 0.2) is 5.84 Å². The number of carbonyl (C=O) groups is 1. The van der Waals surface area contributed by atoms with E-state index in [1.807, 2.05) is 0 Å². The number of amides is 1. The van der Waals surface area contributed by atoms with Crippen LogP contribution in [-0.2, 0) is 4.79 Å². The molecule has 162 valence electrons. The van der Waals surface area contributed by atoms with Crippen LogP contribution in [0.2, 0.25) is 0 Å². The maximum Gasteiger partial charge on any atom is 0.283 e. The first kappa shape index (κ1) is 20.4. The van der Waals surface area contributed by atoms with Gasteiger partial charge >= 0.3 is 0 Å². The molecule has 0 radical (unpaired) electrons. The van der Waals surface area contributed by atoms with Gasteiger partial charge in [-0.05, 0) is 54.9 Å². The zero-order valence-corrected chi connectivity index (χ0v) is 17.8. The molecule has 2 aromatic rings. The van der Waals surface area contributed by atoms with Gasteiger partial charge in [-0.25, -0.2) is 0 Å². The van der Waals surface area contributed by atoms with Crippen LogP contribution in [0.15, 0.2) is 56.5 Å². The van der Waals surface area contributed by atoms with Gasteiger partial charge in [0, 0.05) is 23.6 Å². The number of rotatable bonds is 4. The van der Waals surface area contributed by atoms with Crippen molar-refractivity contribution in [2.75, 3.05) is 0 Å². The Morgan fingerprint density at radius 2 is 1.91 bits per heavy atom. The highest BCUT2D eigenvalue weighted by atomic mass is 32.2. The van der Waals surface area contributed by atoms with Crippen molar-refractivity contribution in [1.29, 1.82) is 5.41 Å². The molecule has 3 aliphatic rings. The van der Waals surface area contributed by atoms with Gasteiger partial charge in [-0.15, -0.1) is 0 Å². The molecule has 1 aromatic heterocycles. The van der Waals surface area contributed by atoms with Crippen LogP contribution in [0, 0.1) is 21.4 Å². The van der Waals surface area contributed by atoms with Gasteiger partial charge in [-0.1, -0.05) is 19.3 Å². The summed E-state index contributed by atoms with van der Waals surface area (Å²) in [6.07, 6.45) is 7.23. The molecule has 3 heterocycles. The van der Waals surface area contributed by atoms with Crippen LogP contribution in [-0.4, -0.2) is 31.9 Å². The zero-order valence-electron chi connectivity index (χ0n) is 17.0. The number of nitrogens with zero attached hydrogens (tertiary/aromatic N) is 4. The largest absolute Gasteiger partial charge is 0.457 e. The lowest BCUT2D eigenvalue weighted by Gasteiger charge is -2.20. The van der Waals surface area contributed by atoms with E-state index >= 15 is 0 Å². The van der Waals surface area contributed by atoms with Crippen LogP contribution < -0.4 is 0 Å². The number of furan rings is 1. The Morgan fingerprint density at radius 3 is 2.62 bits per heavy atom. The maximum atomic E-state index is 12.6. The normalized spacial score (nSPS) is 20.4. The summed E-state index contributed by atoms with van der Waals surface area (Å²) in [6.45, 7) is 0. The van der Waals surface area contributed by atoms with Crippen LogP contribution in [0.1, 0.15) is 37.9 Å². The number of hydrazone groups is 1. The average molecular weight is 449 g/mol. The van der Waals surface area contributed by atoms with Crippen LogP contribution >= 0.6 is 11.8 Å². The van der Waals surface area contributed by atoms with Crippen LogP contribution in [0.3, 0.4) is 0 Å². The van der Waals surface area contributed by atoms with E-state index in [0.29, 0.717) is 28.2 Å². The molecule has 0 saturated heterocycles. The van der Waals surface area contributed by atoms with Gasteiger partial charge in [0.1, 0.15) is 16.6 Å². The van der Waals surface area contributed by atoms with E-state index in [-0.39, 0.29) is 17.1 Å². The first-order valence-electron chi connectivity index (χ1n) is 10.3. The summed E-state index contributed by atoms with van der Waals surface area (Å²) in [6, 6.07) is 9.39. The van der Waals surface area contributed by atoms with Crippen molar-refractivity contribution in [2.24, 2.45) is 16.0 Å². The average Bonchev–Trinajstić information content (AvgIpc) is 3.45. The number of benzene rings is 1. The Bertz CT molecular complexity index is 1210. The summed E-state index contributed by atoms with van der Waals surface area (Å²) in [7, 11) is 0. The fourth-order valence-electron chi connectivity index (χ4n) is 4.00. The molecular formula is C22H19N5O4S. The SMILES string of the molecule is N=C1/C(=C/c2ccc(-c3ccc([N+](=O)[O-])cc3)o2)C(=O)N=C2SC(C3CCCCC3)=NN12. The molecule has 32 heavy (non-hydrogen) atoms. The molecule has 1 saturated carbocycles. The van der Waals surface area contributed by atoms with E-state index in [9.17, 15) is 14.9 Å². The number of nitro groups is 1. The number of non-ortho nitro benzene ring substituents is 1. The number of nitro benzene ring substituents is 1. The third kappa shape index (κ3) is 3.77. The first-order chi connectivity index (χ1) is 15.5. The van der Waals surface area contributed by atoms with Gasteiger partial charge < -0.3 is 4.42 Å². The molecule has 1 aliphatic carbocycles. The van der Waals surface area contributed by atoms with Crippen molar-refractivity contribution in [3.8, 4) is 11.3 Å².